The van der Waals surface area contributed by atoms with Crippen molar-refractivity contribution < 1.29 is 19.4 Å². The molecule has 0 saturated heterocycles. The van der Waals surface area contributed by atoms with Crippen LogP contribution in [0.2, 0.25) is 0 Å². The highest BCUT2D eigenvalue weighted by molar-refractivity contribution is 5.96. The molecule has 0 aromatic heterocycles. The van der Waals surface area contributed by atoms with Gasteiger partial charge in [-0.3, -0.25) is 9.59 Å². The van der Waals surface area contributed by atoms with E-state index in [1.165, 1.54) is 4.90 Å². The minimum atomic E-state index is -0.990. The molecule has 1 aromatic carbocycles. The Kier molecular flexibility index (Phi) is 4.40. The van der Waals surface area contributed by atoms with Crippen molar-refractivity contribution in [2.24, 2.45) is 0 Å². The van der Waals surface area contributed by atoms with Crippen molar-refractivity contribution in [3.63, 3.8) is 0 Å². The van der Waals surface area contributed by atoms with Crippen molar-refractivity contribution >= 4 is 11.9 Å². The summed E-state index contributed by atoms with van der Waals surface area (Å²) in [4.78, 5) is 24.5. The van der Waals surface area contributed by atoms with Crippen molar-refractivity contribution in [2.45, 2.75) is 18.9 Å². The third-order valence-corrected chi connectivity index (χ3v) is 3.02. The van der Waals surface area contributed by atoms with Crippen LogP contribution in [0.1, 0.15) is 23.2 Å². The Morgan fingerprint density at radius 2 is 2.00 bits per heavy atom. The number of aliphatic carboxylic acids is 1. The maximum absolute atomic E-state index is 12.3. The summed E-state index contributed by atoms with van der Waals surface area (Å²) in [6.45, 7) is 3.71. The molecule has 20 heavy (non-hydrogen) atoms. The summed E-state index contributed by atoms with van der Waals surface area (Å²) >= 11 is 0. The van der Waals surface area contributed by atoms with Crippen LogP contribution < -0.4 is 4.74 Å². The maximum atomic E-state index is 12.3. The van der Waals surface area contributed by atoms with Crippen molar-refractivity contribution in [2.75, 3.05) is 13.2 Å². The largest absolute Gasteiger partial charge is 0.490 e. The second kappa shape index (κ2) is 6.23. The highest BCUT2D eigenvalue weighted by atomic mass is 16.5. The lowest BCUT2D eigenvalue weighted by Gasteiger charge is -2.20. The first-order chi connectivity index (χ1) is 9.61. The molecule has 1 fully saturated rings. The smallest absolute Gasteiger partial charge is 0.323 e. The summed E-state index contributed by atoms with van der Waals surface area (Å²) in [5.74, 6) is -0.584. The summed E-state index contributed by atoms with van der Waals surface area (Å²) in [7, 11) is 0. The van der Waals surface area contributed by atoms with Crippen LogP contribution in [0.15, 0.2) is 36.9 Å². The lowest BCUT2D eigenvalue weighted by molar-refractivity contribution is -0.137. The number of amides is 1. The van der Waals surface area contributed by atoms with Crippen LogP contribution in [-0.4, -0.2) is 41.1 Å². The molecule has 0 bridgehead atoms. The Morgan fingerprint density at radius 1 is 1.35 bits per heavy atom. The Labute approximate surface area is 117 Å². The number of hydrogen-bond donors (Lipinski definition) is 1. The summed E-state index contributed by atoms with van der Waals surface area (Å²) < 4.78 is 5.34. The maximum Gasteiger partial charge on any atom is 0.323 e. The number of carbonyl (C=O) groups excluding carboxylic acids is 1. The number of hydrogen-bond acceptors (Lipinski definition) is 3. The van der Waals surface area contributed by atoms with Crippen LogP contribution in [0, 0.1) is 0 Å². The SMILES string of the molecule is C=CCOc1ccc(C(=O)N(CC(=O)O)C2CC2)cc1. The lowest BCUT2D eigenvalue weighted by atomic mass is 10.2. The van der Waals surface area contributed by atoms with E-state index in [1.807, 2.05) is 0 Å². The van der Waals surface area contributed by atoms with Gasteiger partial charge < -0.3 is 14.7 Å². The van der Waals surface area contributed by atoms with Gasteiger partial charge in [-0.25, -0.2) is 0 Å². The zero-order valence-corrected chi connectivity index (χ0v) is 11.1. The fourth-order valence-corrected chi connectivity index (χ4v) is 1.91. The van der Waals surface area contributed by atoms with Crippen LogP contribution in [0.3, 0.4) is 0 Å². The molecule has 1 aliphatic rings. The molecular weight excluding hydrogens is 258 g/mol. The molecule has 0 radical (unpaired) electrons. The predicted octanol–water partition coefficient (Wildman–Crippen LogP) is 1.94. The van der Waals surface area contributed by atoms with E-state index in [4.69, 9.17) is 9.84 Å². The molecule has 0 aliphatic heterocycles. The van der Waals surface area contributed by atoms with Gasteiger partial charge in [-0.2, -0.15) is 0 Å². The quantitative estimate of drug-likeness (QED) is 0.772. The van der Waals surface area contributed by atoms with E-state index < -0.39 is 5.97 Å². The Hall–Kier alpha value is -2.30. The van der Waals surface area contributed by atoms with Gasteiger partial charge >= 0.3 is 5.97 Å². The van der Waals surface area contributed by atoms with Crippen LogP contribution in [-0.2, 0) is 4.79 Å². The van der Waals surface area contributed by atoms with E-state index in [2.05, 4.69) is 6.58 Å². The molecule has 1 N–H and O–H groups in total. The van der Waals surface area contributed by atoms with Crippen molar-refractivity contribution in [1.29, 1.82) is 0 Å². The molecule has 5 heteroatoms. The number of nitrogens with zero attached hydrogens (tertiary/aromatic N) is 1. The molecule has 1 aliphatic carbocycles. The van der Waals surface area contributed by atoms with Crippen molar-refractivity contribution in [3.05, 3.63) is 42.5 Å². The van der Waals surface area contributed by atoms with Gasteiger partial charge in [0, 0.05) is 11.6 Å². The monoisotopic (exact) mass is 275 g/mol. The van der Waals surface area contributed by atoms with E-state index in [0.29, 0.717) is 17.9 Å². The number of benzene rings is 1. The summed E-state index contributed by atoms with van der Waals surface area (Å²) in [5.41, 5.74) is 0.476. The predicted molar refractivity (Wildman–Crippen MR) is 73.8 cm³/mol. The van der Waals surface area contributed by atoms with Gasteiger partial charge in [0.25, 0.3) is 5.91 Å². The van der Waals surface area contributed by atoms with Gasteiger partial charge in [0.15, 0.2) is 0 Å². The Balaban J connectivity index is 2.06. The van der Waals surface area contributed by atoms with E-state index in [-0.39, 0.29) is 18.5 Å². The normalized spacial score (nSPS) is 13.6. The number of carboxylic acids is 1. The molecule has 2 rings (SSSR count). The average Bonchev–Trinajstić information content (AvgIpc) is 3.26. The second-order valence-electron chi connectivity index (χ2n) is 4.68. The molecular formula is C15H17NO4. The van der Waals surface area contributed by atoms with Crippen LogP contribution in [0.5, 0.6) is 5.75 Å². The number of carboxylic acid groups (broad SMARTS) is 1. The van der Waals surface area contributed by atoms with E-state index >= 15 is 0 Å². The van der Waals surface area contributed by atoms with Gasteiger partial charge in [-0.15, -0.1) is 0 Å². The molecule has 1 amide bonds. The van der Waals surface area contributed by atoms with Crippen molar-refractivity contribution in [1.82, 2.24) is 4.90 Å². The first-order valence-electron chi connectivity index (χ1n) is 6.48. The van der Waals surface area contributed by atoms with Crippen LogP contribution in [0.25, 0.3) is 0 Å². The Morgan fingerprint density at radius 3 is 2.50 bits per heavy atom. The van der Waals surface area contributed by atoms with Gasteiger partial charge in [0.2, 0.25) is 0 Å². The summed E-state index contributed by atoms with van der Waals surface area (Å²) in [5, 5.41) is 8.87. The minimum absolute atomic E-state index is 0.0651. The van der Waals surface area contributed by atoms with Crippen molar-refractivity contribution in [3.8, 4) is 5.75 Å². The van der Waals surface area contributed by atoms with Crippen LogP contribution in [0.4, 0.5) is 0 Å². The first-order valence-corrected chi connectivity index (χ1v) is 6.48. The highest BCUT2D eigenvalue weighted by Gasteiger charge is 2.34. The lowest BCUT2D eigenvalue weighted by Crippen LogP contribution is -2.37. The standard InChI is InChI=1S/C15H17NO4/c1-2-9-20-13-7-3-11(4-8-13)15(19)16(10-14(17)18)12-5-6-12/h2-4,7-8,12H,1,5-6,9-10H2,(H,17,18). The van der Waals surface area contributed by atoms with E-state index in [0.717, 1.165) is 12.8 Å². The van der Waals surface area contributed by atoms with Gasteiger partial charge in [0.05, 0.1) is 0 Å². The summed E-state index contributed by atoms with van der Waals surface area (Å²) in [6, 6.07) is 6.76. The number of carbonyl (C=O) groups is 2. The third kappa shape index (κ3) is 3.60. The molecule has 0 heterocycles. The molecule has 0 spiro atoms. The Bertz CT molecular complexity index is 505. The number of rotatable bonds is 7. The van der Waals surface area contributed by atoms with E-state index in [1.54, 1.807) is 30.3 Å². The molecule has 106 valence electrons. The molecule has 0 atom stereocenters. The third-order valence-electron chi connectivity index (χ3n) is 3.02. The molecule has 1 aromatic rings. The first kappa shape index (κ1) is 14.1. The fraction of sp³-hybridized carbons (Fsp3) is 0.333. The second-order valence-corrected chi connectivity index (χ2v) is 4.68. The van der Waals surface area contributed by atoms with Crippen LogP contribution >= 0.6 is 0 Å². The van der Waals surface area contributed by atoms with Gasteiger partial charge in [-0.05, 0) is 37.1 Å². The molecule has 1 saturated carbocycles. The van der Waals surface area contributed by atoms with Gasteiger partial charge in [-0.1, -0.05) is 12.7 Å². The summed E-state index contributed by atoms with van der Waals surface area (Å²) in [6.07, 6.45) is 3.39. The number of ether oxygens (including phenoxy) is 1. The van der Waals surface area contributed by atoms with E-state index in [9.17, 15) is 9.59 Å². The average molecular weight is 275 g/mol. The highest BCUT2D eigenvalue weighted by Crippen LogP contribution is 2.28. The fourth-order valence-electron chi connectivity index (χ4n) is 1.91. The topological polar surface area (TPSA) is 66.8 Å². The molecule has 0 unspecified atom stereocenters. The zero-order valence-electron chi connectivity index (χ0n) is 11.1. The van der Waals surface area contributed by atoms with Gasteiger partial charge in [0.1, 0.15) is 18.9 Å². The minimum Gasteiger partial charge on any atom is -0.490 e. The molecule has 5 nitrogen and oxygen atoms in total. The zero-order chi connectivity index (χ0) is 14.5.